The molecule has 0 spiro atoms. The highest BCUT2D eigenvalue weighted by Crippen LogP contribution is 2.35. The number of aryl methyl sites for hydroxylation is 1. The Kier molecular flexibility index (Phi) is 18.5. The maximum absolute atomic E-state index is 15.7. The van der Waals surface area contributed by atoms with E-state index in [9.17, 15) is 24.0 Å². The lowest BCUT2D eigenvalue weighted by Crippen LogP contribution is -2.62. The third-order valence-corrected chi connectivity index (χ3v) is 16.8. The number of nitrogens with zero attached hydrogens (tertiary/aromatic N) is 3. The number of benzene rings is 5. The number of amides is 7. The van der Waals surface area contributed by atoms with E-state index in [1.807, 2.05) is 139 Å². The fraction of sp³-hybridized carbons (Fsp3) is 0.462. The van der Waals surface area contributed by atoms with Gasteiger partial charge in [-0.2, -0.15) is 0 Å². The van der Waals surface area contributed by atoms with Gasteiger partial charge in [-0.3, -0.25) is 33.6 Å². The third-order valence-electron chi connectivity index (χ3n) is 16.8. The van der Waals surface area contributed by atoms with Gasteiger partial charge in [-0.15, -0.1) is 0 Å². The summed E-state index contributed by atoms with van der Waals surface area (Å²) in [6.45, 7) is 17.1. The van der Waals surface area contributed by atoms with E-state index in [0.29, 0.717) is 5.56 Å². The van der Waals surface area contributed by atoms with Gasteiger partial charge in [0.15, 0.2) is 0 Å². The van der Waals surface area contributed by atoms with Gasteiger partial charge in [0.2, 0.25) is 35.4 Å². The molecule has 0 unspecified atom stereocenters. The van der Waals surface area contributed by atoms with Crippen molar-refractivity contribution in [2.75, 3.05) is 20.6 Å². The highest BCUT2D eigenvalue weighted by atomic mass is 16.2. The highest BCUT2D eigenvalue weighted by molar-refractivity contribution is 5.97. The number of fused-ring (bicyclic) bond motifs is 3. The lowest BCUT2D eigenvalue weighted by atomic mass is 9.84. The Hall–Kier alpha value is -7.43. The SMILES string of the molecule is CN[C@@H](C)C(=O)N[C@H](C(=O)N1C[C@@H](NC(=O)c2ccc(CN(C(=O)[C@@H]3Cc4ccccc4CN3C(=O)[C@@H](NC(=O)[C@H](C)NC)C(C)(C)C)[C@H](C)c3ccc4ccccc4c3)cc2)C[C@H]1C(=O)N[C@@H]1CCCc2ccccc21)C(C)(C)C. The molecular formula is C65H83N9O7. The summed E-state index contributed by atoms with van der Waals surface area (Å²) in [5.74, 6) is -2.42. The molecule has 1 saturated heterocycles. The van der Waals surface area contributed by atoms with Crippen LogP contribution < -0.4 is 31.9 Å². The predicted octanol–water partition coefficient (Wildman–Crippen LogP) is 7.05. The normalized spacial score (nSPS) is 19.9. The van der Waals surface area contributed by atoms with Gasteiger partial charge in [0.05, 0.1) is 24.2 Å². The molecule has 16 nitrogen and oxygen atoms in total. The molecule has 2 aliphatic heterocycles. The van der Waals surface area contributed by atoms with Crippen LogP contribution in [0.25, 0.3) is 10.8 Å². The largest absolute Gasteiger partial charge is 0.347 e. The molecule has 0 aromatic heterocycles. The molecule has 6 N–H and O–H groups in total. The second-order valence-electron chi connectivity index (χ2n) is 24.6. The smallest absolute Gasteiger partial charge is 0.251 e. The van der Waals surface area contributed by atoms with Crippen molar-refractivity contribution in [2.45, 2.75) is 162 Å². The number of hydrogen-bond acceptors (Lipinski definition) is 9. The van der Waals surface area contributed by atoms with Crippen molar-refractivity contribution in [1.82, 2.24) is 46.6 Å². The number of likely N-dealkylation sites (N-methyl/N-ethyl adjacent to an activating group) is 2. The van der Waals surface area contributed by atoms with Gasteiger partial charge in [0, 0.05) is 37.7 Å². The van der Waals surface area contributed by atoms with Gasteiger partial charge in [0.1, 0.15) is 24.2 Å². The van der Waals surface area contributed by atoms with Crippen molar-refractivity contribution in [3.05, 3.63) is 154 Å². The Labute approximate surface area is 477 Å². The summed E-state index contributed by atoms with van der Waals surface area (Å²) in [7, 11) is 3.36. The summed E-state index contributed by atoms with van der Waals surface area (Å²) in [6.07, 6.45) is 2.98. The maximum atomic E-state index is 15.7. The Balaban J connectivity index is 1.07. The van der Waals surface area contributed by atoms with Gasteiger partial charge in [-0.05, 0) is 134 Å². The second-order valence-corrected chi connectivity index (χ2v) is 24.6. The second kappa shape index (κ2) is 25.2. The molecule has 0 radical (unpaired) electrons. The molecule has 5 aromatic carbocycles. The molecule has 430 valence electrons. The van der Waals surface area contributed by atoms with Crippen LogP contribution in [0.15, 0.2) is 115 Å². The zero-order valence-corrected chi connectivity index (χ0v) is 49.0. The van der Waals surface area contributed by atoms with E-state index < -0.39 is 71.0 Å². The first-order valence-corrected chi connectivity index (χ1v) is 28.7. The first-order valence-electron chi connectivity index (χ1n) is 28.7. The summed E-state index contributed by atoms with van der Waals surface area (Å²) in [5, 5.41) is 20.3. The minimum Gasteiger partial charge on any atom is -0.347 e. The molecule has 8 rings (SSSR count). The number of hydrogen-bond donors (Lipinski definition) is 6. The van der Waals surface area contributed by atoms with Crippen LogP contribution in [0.4, 0.5) is 0 Å². The number of carbonyl (C=O) groups excluding carboxylic acids is 7. The first kappa shape index (κ1) is 59.7. The van der Waals surface area contributed by atoms with Crippen molar-refractivity contribution >= 4 is 52.1 Å². The van der Waals surface area contributed by atoms with E-state index in [4.69, 9.17) is 0 Å². The van der Waals surface area contributed by atoms with Gasteiger partial charge >= 0.3 is 0 Å². The van der Waals surface area contributed by atoms with E-state index in [2.05, 4.69) is 44.0 Å². The van der Waals surface area contributed by atoms with Crippen LogP contribution in [0.5, 0.6) is 0 Å². The Morgan fingerprint density at radius 1 is 0.630 bits per heavy atom. The fourth-order valence-electron chi connectivity index (χ4n) is 11.5. The number of nitrogens with one attached hydrogen (secondary N) is 6. The lowest BCUT2D eigenvalue weighted by Gasteiger charge is -2.43. The predicted molar refractivity (Wildman–Crippen MR) is 315 cm³/mol. The average molecular weight is 1100 g/mol. The molecule has 0 saturated carbocycles. The van der Waals surface area contributed by atoms with Gasteiger partial charge in [-0.1, -0.05) is 139 Å². The van der Waals surface area contributed by atoms with Crippen molar-refractivity contribution in [3.8, 4) is 0 Å². The molecule has 16 heteroatoms. The van der Waals surface area contributed by atoms with Crippen LogP contribution >= 0.6 is 0 Å². The number of carbonyl (C=O) groups is 7. The summed E-state index contributed by atoms with van der Waals surface area (Å²) in [6, 6.07) is 31.0. The molecule has 1 fully saturated rings. The van der Waals surface area contributed by atoms with Crippen LogP contribution in [0.1, 0.15) is 137 Å². The number of likely N-dealkylation sites (tertiary alicyclic amines) is 1. The maximum Gasteiger partial charge on any atom is 0.251 e. The van der Waals surface area contributed by atoms with Crippen LogP contribution in [-0.4, -0.2) is 119 Å². The molecule has 7 amide bonds. The summed E-state index contributed by atoms with van der Waals surface area (Å²) in [5.41, 5.74) is 4.68. The van der Waals surface area contributed by atoms with E-state index in [1.54, 1.807) is 49.9 Å². The molecule has 9 atom stereocenters. The minimum atomic E-state index is -0.971. The van der Waals surface area contributed by atoms with Crippen molar-refractivity contribution in [3.63, 3.8) is 0 Å². The Bertz CT molecular complexity index is 3130. The first-order chi connectivity index (χ1) is 38.5. The monoisotopic (exact) mass is 1100 g/mol. The third kappa shape index (κ3) is 13.7. The zero-order chi connectivity index (χ0) is 58.5. The molecule has 5 aromatic rings. The quantitative estimate of drug-likeness (QED) is 0.0565. The van der Waals surface area contributed by atoms with Crippen molar-refractivity contribution in [2.24, 2.45) is 10.8 Å². The highest BCUT2D eigenvalue weighted by Gasteiger charge is 2.47. The molecule has 1 aliphatic carbocycles. The van der Waals surface area contributed by atoms with Crippen molar-refractivity contribution in [1.29, 1.82) is 0 Å². The molecule has 2 heterocycles. The van der Waals surface area contributed by atoms with Gasteiger partial charge in [0.25, 0.3) is 5.91 Å². The van der Waals surface area contributed by atoms with Gasteiger partial charge in [-0.25, -0.2) is 0 Å². The Morgan fingerprint density at radius 3 is 1.81 bits per heavy atom. The van der Waals surface area contributed by atoms with E-state index >= 15 is 9.59 Å². The summed E-state index contributed by atoms with van der Waals surface area (Å²) >= 11 is 0. The molecular weight excluding hydrogens is 1020 g/mol. The van der Waals surface area contributed by atoms with E-state index in [-0.39, 0.29) is 68.1 Å². The number of rotatable bonds is 17. The minimum absolute atomic E-state index is 0.0405. The standard InChI is InChI=1S/C65H83N9O7/c1-39(66-10)57(75)70-55(64(4,5)6)62(80)73-37-49-23-15-14-22-48(49)34-54(73)61(79)72(41(3)46-32-31-43-19-12-13-21-47(43)33-46)36-42-27-29-45(30-28-42)59(77)68-50-35-53(60(78)69-52-26-18-24-44-20-16-17-25-51(44)52)74(38-50)63(81)56(65(7,8)9)71-58(76)40(2)67-11/h12-17,19-23,25,27-33,39-41,50,52-56,66-67H,18,24,26,34-38H2,1-11H3,(H,68,77)(H,69,78)(H,70,75)(H,71,76)/t39-,40-,41+,50-,52+,53-,54-,55+,56+/m0/s1. The van der Waals surface area contributed by atoms with Crippen LogP contribution in [0.2, 0.25) is 0 Å². The van der Waals surface area contributed by atoms with Crippen LogP contribution in [-0.2, 0) is 54.7 Å². The van der Waals surface area contributed by atoms with E-state index in [0.717, 1.165) is 57.9 Å². The van der Waals surface area contributed by atoms with Crippen LogP contribution in [0, 0.1) is 10.8 Å². The lowest BCUT2D eigenvalue weighted by molar-refractivity contribution is -0.152. The summed E-state index contributed by atoms with van der Waals surface area (Å²) in [4.78, 5) is 106. The zero-order valence-electron chi connectivity index (χ0n) is 49.0. The fourth-order valence-corrected chi connectivity index (χ4v) is 11.5. The Morgan fingerprint density at radius 2 is 1.20 bits per heavy atom. The van der Waals surface area contributed by atoms with Crippen LogP contribution in [0.3, 0.4) is 0 Å². The molecule has 3 aliphatic rings. The van der Waals surface area contributed by atoms with Crippen molar-refractivity contribution < 1.29 is 33.6 Å². The van der Waals surface area contributed by atoms with E-state index in [1.165, 1.54) is 10.5 Å². The molecule has 81 heavy (non-hydrogen) atoms. The average Bonchev–Trinajstić information content (AvgIpc) is 3.93. The topological polar surface area (TPSA) is 201 Å². The summed E-state index contributed by atoms with van der Waals surface area (Å²) < 4.78 is 0. The van der Waals surface area contributed by atoms with Gasteiger partial charge < -0.3 is 46.6 Å². The molecule has 0 bridgehead atoms.